The van der Waals surface area contributed by atoms with E-state index in [0.717, 1.165) is 20.5 Å². The Labute approximate surface area is 203 Å². The van der Waals surface area contributed by atoms with Gasteiger partial charge in [0.1, 0.15) is 0 Å². The van der Waals surface area contributed by atoms with E-state index in [1.807, 2.05) is 48.5 Å². The van der Waals surface area contributed by atoms with E-state index >= 15 is 0 Å². The quantitative estimate of drug-likeness (QED) is 0.254. The average Bonchev–Trinajstić information content (AvgIpc) is 3.37. The fourth-order valence-corrected chi connectivity index (χ4v) is 5.77. The van der Waals surface area contributed by atoms with Crippen LogP contribution in [-0.4, -0.2) is 11.9 Å². The Hall–Kier alpha value is -2.38. The Morgan fingerprint density at radius 1 is 0.719 bits per heavy atom. The molecule has 164 valence electrons. The molecule has 2 atom stereocenters. The van der Waals surface area contributed by atoms with Crippen molar-refractivity contribution in [1.29, 1.82) is 0 Å². The van der Waals surface area contributed by atoms with Crippen LogP contribution in [0.2, 0.25) is 8.67 Å². The van der Waals surface area contributed by atoms with Crippen molar-refractivity contribution in [1.82, 2.24) is 0 Å². The molecule has 0 spiro atoms. The summed E-state index contributed by atoms with van der Waals surface area (Å²) in [5, 5.41) is 1.94. The molecule has 0 bridgehead atoms. The van der Waals surface area contributed by atoms with Gasteiger partial charge in [-0.05, 0) is 47.2 Å². The standard InChI is InChI=1S/C24H18Cl2O4S2/c1-13(27)29-23(19-7-9-21(25)31-19)17-11-15-5-3-4-6-16(15)12-18(17)24(30-14(2)28)20-8-10-22(26)32-20/h3-12,23-24H,1-2H3. The molecular formula is C24H18Cl2O4S2. The van der Waals surface area contributed by atoms with Gasteiger partial charge in [-0.1, -0.05) is 47.5 Å². The summed E-state index contributed by atoms with van der Waals surface area (Å²) < 4.78 is 12.7. The second kappa shape index (κ2) is 9.63. The average molecular weight is 505 g/mol. The summed E-state index contributed by atoms with van der Waals surface area (Å²) in [6.45, 7) is 2.73. The zero-order chi connectivity index (χ0) is 22.8. The maximum Gasteiger partial charge on any atom is 0.303 e. The minimum atomic E-state index is -0.710. The Balaban J connectivity index is 1.98. The summed E-state index contributed by atoms with van der Waals surface area (Å²) in [6.07, 6.45) is -1.42. The molecule has 32 heavy (non-hydrogen) atoms. The van der Waals surface area contributed by atoms with E-state index in [4.69, 9.17) is 32.7 Å². The highest BCUT2D eigenvalue weighted by Gasteiger charge is 2.29. The van der Waals surface area contributed by atoms with E-state index in [2.05, 4.69) is 0 Å². The normalized spacial score (nSPS) is 13.0. The monoisotopic (exact) mass is 504 g/mol. The second-order valence-electron chi connectivity index (χ2n) is 7.09. The first kappa shape index (κ1) is 22.8. The molecule has 0 aliphatic carbocycles. The molecule has 0 radical (unpaired) electrons. The van der Waals surface area contributed by atoms with Gasteiger partial charge in [-0.25, -0.2) is 0 Å². The second-order valence-corrected chi connectivity index (χ2v) is 10.6. The number of hydrogen-bond donors (Lipinski definition) is 0. The zero-order valence-electron chi connectivity index (χ0n) is 17.1. The highest BCUT2D eigenvalue weighted by Crippen LogP contribution is 2.42. The van der Waals surface area contributed by atoms with E-state index in [0.29, 0.717) is 19.8 Å². The van der Waals surface area contributed by atoms with Gasteiger partial charge in [0, 0.05) is 25.0 Å². The van der Waals surface area contributed by atoms with Crippen LogP contribution in [0.15, 0.2) is 60.7 Å². The van der Waals surface area contributed by atoms with Crippen LogP contribution in [0.5, 0.6) is 0 Å². The number of esters is 2. The third-order valence-corrected chi connectivity index (χ3v) is 7.34. The maximum atomic E-state index is 12.1. The van der Waals surface area contributed by atoms with Crippen molar-refractivity contribution < 1.29 is 19.1 Å². The lowest BCUT2D eigenvalue weighted by molar-refractivity contribution is -0.146. The fraction of sp³-hybridized carbons (Fsp3) is 0.167. The number of halogens is 2. The number of carbonyl (C=O) groups excluding carboxylic acids is 2. The van der Waals surface area contributed by atoms with E-state index in [9.17, 15) is 9.59 Å². The van der Waals surface area contributed by atoms with Gasteiger partial charge in [-0.15, -0.1) is 22.7 Å². The van der Waals surface area contributed by atoms with Gasteiger partial charge in [0.05, 0.1) is 18.4 Å². The molecule has 0 saturated carbocycles. The maximum absolute atomic E-state index is 12.1. The number of benzene rings is 2. The van der Waals surface area contributed by atoms with Crippen LogP contribution in [0, 0.1) is 0 Å². The van der Waals surface area contributed by atoms with Gasteiger partial charge in [-0.3, -0.25) is 9.59 Å². The van der Waals surface area contributed by atoms with Crippen molar-refractivity contribution in [2.24, 2.45) is 0 Å². The van der Waals surface area contributed by atoms with Crippen LogP contribution < -0.4 is 0 Å². The van der Waals surface area contributed by atoms with Gasteiger partial charge >= 0.3 is 11.9 Å². The molecule has 0 fully saturated rings. The van der Waals surface area contributed by atoms with E-state index in [1.165, 1.54) is 36.5 Å². The molecule has 0 aliphatic rings. The predicted molar refractivity (Wildman–Crippen MR) is 130 cm³/mol. The number of fused-ring (bicyclic) bond motifs is 1. The van der Waals surface area contributed by atoms with Crippen molar-refractivity contribution in [3.63, 3.8) is 0 Å². The Kier molecular flexibility index (Phi) is 6.86. The zero-order valence-corrected chi connectivity index (χ0v) is 20.3. The molecule has 0 amide bonds. The molecule has 0 saturated heterocycles. The summed E-state index contributed by atoms with van der Waals surface area (Å²) in [5.41, 5.74) is 1.43. The molecule has 0 N–H and O–H groups in total. The number of hydrogen-bond acceptors (Lipinski definition) is 6. The van der Waals surface area contributed by atoms with Crippen LogP contribution in [0.4, 0.5) is 0 Å². The minimum absolute atomic E-state index is 0.429. The summed E-state index contributed by atoms with van der Waals surface area (Å²) in [4.78, 5) is 25.6. The Morgan fingerprint density at radius 2 is 1.12 bits per heavy atom. The molecule has 4 nitrogen and oxygen atoms in total. The molecular weight excluding hydrogens is 487 g/mol. The lowest BCUT2D eigenvalue weighted by Gasteiger charge is -2.25. The van der Waals surface area contributed by atoms with Crippen LogP contribution in [-0.2, 0) is 19.1 Å². The largest absolute Gasteiger partial charge is 0.452 e. The molecule has 2 unspecified atom stereocenters. The molecule has 0 aliphatic heterocycles. The first-order valence-electron chi connectivity index (χ1n) is 9.69. The summed E-state index contributed by atoms with van der Waals surface area (Å²) in [6, 6.07) is 19.0. The smallest absolute Gasteiger partial charge is 0.303 e. The topological polar surface area (TPSA) is 52.6 Å². The predicted octanol–water partition coefficient (Wildman–Crippen LogP) is 7.57. The molecule has 4 rings (SSSR count). The number of carbonyl (C=O) groups is 2. The van der Waals surface area contributed by atoms with Crippen LogP contribution in [0.1, 0.15) is 46.9 Å². The third-order valence-electron chi connectivity index (χ3n) is 4.79. The fourth-order valence-electron chi connectivity index (χ4n) is 3.55. The molecule has 2 aromatic heterocycles. The summed E-state index contributed by atoms with van der Waals surface area (Å²) in [5.74, 6) is -0.858. The van der Waals surface area contributed by atoms with Crippen molar-refractivity contribution in [2.75, 3.05) is 0 Å². The first-order chi connectivity index (χ1) is 15.3. The minimum Gasteiger partial charge on any atom is -0.452 e. The van der Waals surface area contributed by atoms with Gasteiger partial charge in [-0.2, -0.15) is 0 Å². The molecule has 8 heteroatoms. The molecule has 2 aromatic carbocycles. The number of rotatable bonds is 6. The van der Waals surface area contributed by atoms with Crippen LogP contribution in [0.3, 0.4) is 0 Å². The van der Waals surface area contributed by atoms with Crippen molar-refractivity contribution in [3.8, 4) is 0 Å². The van der Waals surface area contributed by atoms with Crippen molar-refractivity contribution in [2.45, 2.75) is 26.1 Å². The summed E-state index contributed by atoms with van der Waals surface area (Å²) >= 11 is 15.0. The van der Waals surface area contributed by atoms with Gasteiger partial charge in [0.15, 0.2) is 12.2 Å². The highest BCUT2D eigenvalue weighted by molar-refractivity contribution is 7.16. The molecule has 4 aromatic rings. The van der Waals surface area contributed by atoms with Crippen LogP contribution >= 0.6 is 45.9 Å². The SMILES string of the molecule is CC(=O)OC(c1ccc(Cl)s1)c1cc2ccccc2cc1C(OC(C)=O)c1ccc(Cl)s1. The number of thiophene rings is 2. The van der Waals surface area contributed by atoms with E-state index in [1.54, 1.807) is 12.1 Å². The number of ether oxygens (including phenoxy) is 2. The van der Waals surface area contributed by atoms with Gasteiger partial charge in [0.25, 0.3) is 0 Å². The van der Waals surface area contributed by atoms with E-state index < -0.39 is 24.1 Å². The third kappa shape index (κ3) is 4.99. The van der Waals surface area contributed by atoms with Crippen molar-refractivity contribution >= 4 is 68.6 Å². The van der Waals surface area contributed by atoms with Gasteiger partial charge in [0.2, 0.25) is 0 Å². The van der Waals surface area contributed by atoms with Crippen molar-refractivity contribution in [3.05, 3.63) is 90.2 Å². The van der Waals surface area contributed by atoms with Crippen LogP contribution in [0.25, 0.3) is 10.8 Å². The summed E-state index contributed by atoms with van der Waals surface area (Å²) in [7, 11) is 0. The Bertz CT molecular complexity index is 1200. The van der Waals surface area contributed by atoms with E-state index in [-0.39, 0.29) is 0 Å². The molecule has 2 heterocycles. The first-order valence-corrected chi connectivity index (χ1v) is 12.1. The lowest BCUT2D eigenvalue weighted by Crippen LogP contribution is -2.16. The van der Waals surface area contributed by atoms with Gasteiger partial charge < -0.3 is 9.47 Å². The Morgan fingerprint density at radius 3 is 1.44 bits per heavy atom. The lowest BCUT2D eigenvalue weighted by atomic mass is 9.92. The highest BCUT2D eigenvalue weighted by atomic mass is 35.5.